The predicted octanol–water partition coefficient (Wildman–Crippen LogP) is 2.37. The van der Waals surface area contributed by atoms with Crippen LogP contribution in [0.4, 0.5) is 0 Å². The Labute approximate surface area is 111 Å². The van der Waals surface area contributed by atoms with Crippen molar-refractivity contribution in [3.05, 3.63) is 46.2 Å². The van der Waals surface area contributed by atoms with E-state index in [1.54, 1.807) is 0 Å². The highest BCUT2D eigenvalue weighted by Gasteiger charge is 2.01. The average Bonchev–Trinajstić information content (AvgIpc) is 2.39. The van der Waals surface area contributed by atoms with Crippen LogP contribution >= 0.6 is 11.8 Å². The highest BCUT2D eigenvalue weighted by atomic mass is 32.2. The van der Waals surface area contributed by atoms with Gasteiger partial charge in [0.05, 0.1) is 0 Å². The van der Waals surface area contributed by atoms with Crippen LogP contribution in [0, 0.1) is 0 Å². The second-order valence-corrected chi connectivity index (χ2v) is 5.22. The molecule has 96 valence electrons. The van der Waals surface area contributed by atoms with Crippen LogP contribution in [0.25, 0.3) is 10.9 Å². The minimum atomic E-state index is 0.00562. The number of benzene rings is 1. The highest BCUT2D eigenvalue weighted by molar-refractivity contribution is 7.98. The summed E-state index contributed by atoms with van der Waals surface area (Å²) < 4.78 is 0. The van der Waals surface area contributed by atoms with Crippen LogP contribution in [0.3, 0.4) is 0 Å². The third kappa shape index (κ3) is 3.37. The number of hydrogen-bond donors (Lipinski definition) is 2. The molecule has 0 atom stereocenters. The molecular weight excluding hydrogens is 244 g/mol. The third-order valence-electron chi connectivity index (χ3n) is 2.85. The van der Waals surface area contributed by atoms with Gasteiger partial charge in [-0.15, -0.1) is 0 Å². The van der Waals surface area contributed by atoms with E-state index < -0.39 is 0 Å². The Bertz CT molecular complexity index is 565. The summed E-state index contributed by atoms with van der Waals surface area (Å²) in [4.78, 5) is 14.8. The summed E-state index contributed by atoms with van der Waals surface area (Å²) in [6.45, 7) is 1.58. The molecule has 0 aliphatic carbocycles. The molecule has 2 N–H and O–H groups in total. The summed E-state index contributed by atoms with van der Waals surface area (Å²) in [5, 5.41) is 4.39. The quantitative estimate of drug-likeness (QED) is 0.786. The number of aromatic amines is 1. The topological polar surface area (TPSA) is 44.9 Å². The highest BCUT2D eigenvalue weighted by Crippen LogP contribution is 2.09. The Balaban J connectivity index is 2.04. The van der Waals surface area contributed by atoms with Crippen molar-refractivity contribution in [3.8, 4) is 0 Å². The second kappa shape index (κ2) is 6.61. The predicted molar refractivity (Wildman–Crippen MR) is 79.3 cm³/mol. The lowest BCUT2D eigenvalue weighted by Crippen LogP contribution is -2.22. The molecule has 0 bridgehead atoms. The van der Waals surface area contributed by atoms with Crippen molar-refractivity contribution < 1.29 is 0 Å². The average molecular weight is 262 g/mol. The Hall–Kier alpha value is -1.26. The minimum Gasteiger partial charge on any atom is -0.322 e. The molecule has 3 nitrogen and oxygen atoms in total. The summed E-state index contributed by atoms with van der Waals surface area (Å²) in [6, 6.07) is 9.82. The molecule has 18 heavy (non-hydrogen) atoms. The van der Waals surface area contributed by atoms with E-state index in [9.17, 15) is 4.79 Å². The summed E-state index contributed by atoms with van der Waals surface area (Å²) in [7, 11) is 0. The fourth-order valence-electron chi connectivity index (χ4n) is 1.89. The minimum absolute atomic E-state index is 0.00562. The van der Waals surface area contributed by atoms with E-state index >= 15 is 0 Å². The third-order valence-corrected chi connectivity index (χ3v) is 3.54. The number of nitrogens with one attached hydrogen (secondary N) is 2. The van der Waals surface area contributed by atoms with Crippen molar-refractivity contribution in [2.24, 2.45) is 0 Å². The van der Waals surface area contributed by atoms with Crippen LogP contribution in [0.15, 0.2) is 35.1 Å². The smallest absolute Gasteiger partial charge is 0.252 e. The van der Waals surface area contributed by atoms with Crippen LogP contribution in [0.5, 0.6) is 0 Å². The van der Waals surface area contributed by atoms with Crippen LogP contribution in [0.2, 0.25) is 0 Å². The number of thioether (sulfide) groups is 1. The van der Waals surface area contributed by atoms with Crippen molar-refractivity contribution in [1.29, 1.82) is 0 Å². The summed E-state index contributed by atoms with van der Waals surface area (Å²) in [5.41, 5.74) is 1.71. The molecule has 0 aliphatic rings. The van der Waals surface area contributed by atoms with Crippen molar-refractivity contribution in [3.63, 3.8) is 0 Å². The van der Waals surface area contributed by atoms with Gasteiger partial charge in [-0.1, -0.05) is 18.2 Å². The van der Waals surface area contributed by atoms with Gasteiger partial charge in [-0.25, -0.2) is 0 Å². The van der Waals surface area contributed by atoms with E-state index in [-0.39, 0.29) is 5.56 Å². The van der Waals surface area contributed by atoms with Gasteiger partial charge in [-0.2, -0.15) is 11.8 Å². The molecule has 2 aromatic rings. The Kier molecular flexibility index (Phi) is 4.84. The zero-order valence-corrected chi connectivity index (χ0v) is 11.3. The van der Waals surface area contributed by atoms with Crippen molar-refractivity contribution in [1.82, 2.24) is 10.3 Å². The molecule has 0 saturated carbocycles. The van der Waals surface area contributed by atoms with E-state index in [0.717, 1.165) is 35.2 Å². The number of aromatic nitrogens is 1. The van der Waals surface area contributed by atoms with Gasteiger partial charge in [0.1, 0.15) is 0 Å². The Morgan fingerprint density at radius 1 is 1.33 bits per heavy atom. The number of hydrogen-bond acceptors (Lipinski definition) is 3. The van der Waals surface area contributed by atoms with Gasteiger partial charge in [0.25, 0.3) is 5.56 Å². The molecule has 0 saturated heterocycles. The van der Waals surface area contributed by atoms with Crippen LogP contribution in [-0.4, -0.2) is 23.5 Å². The first-order chi connectivity index (χ1) is 8.81. The lowest BCUT2D eigenvalue weighted by molar-refractivity contribution is 0.675. The summed E-state index contributed by atoms with van der Waals surface area (Å²) in [5.74, 6) is 1.15. The van der Waals surface area contributed by atoms with Gasteiger partial charge in [-0.3, -0.25) is 4.79 Å². The van der Waals surface area contributed by atoms with Gasteiger partial charge in [-0.05, 0) is 42.5 Å². The fourth-order valence-corrected chi connectivity index (χ4v) is 2.32. The number of fused-ring (bicyclic) bond motifs is 1. The van der Waals surface area contributed by atoms with Crippen LogP contribution < -0.4 is 10.9 Å². The largest absolute Gasteiger partial charge is 0.322 e. The lowest BCUT2D eigenvalue weighted by Gasteiger charge is -2.05. The molecule has 1 aromatic carbocycles. The van der Waals surface area contributed by atoms with Crippen LogP contribution in [-0.2, 0) is 6.54 Å². The first-order valence-electron chi connectivity index (χ1n) is 6.12. The maximum Gasteiger partial charge on any atom is 0.252 e. The number of para-hydroxylation sites is 1. The fraction of sp³-hybridized carbons (Fsp3) is 0.357. The SMILES string of the molecule is CSCCCNCc1cc2ccccc2[nH]c1=O. The zero-order valence-electron chi connectivity index (χ0n) is 10.5. The van der Waals surface area contributed by atoms with Gasteiger partial charge < -0.3 is 10.3 Å². The van der Waals surface area contributed by atoms with Gasteiger partial charge in [0, 0.05) is 17.6 Å². The molecule has 0 unspecified atom stereocenters. The van der Waals surface area contributed by atoms with E-state index in [1.165, 1.54) is 0 Å². The molecule has 2 rings (SSSR count). The van der Waals surface area contributed by atoms with Gasteiger partial charge in [0.15, 0.2) is 0 Å². The molecule has 0 spiro atoms. The van der Waals surface area contributed by atoms with E-state index in [1.807, 2.05) is 42.1 Å². The standard InChI is InChI=1S/C14H18N2OS/c1-18-8-4-7-15-10-12-9-11-5-2-3-6-13(11)16-14(12)17/h2-3,5-6,9,15H,4,7-8,10H2,1H3,(H,16,17). The molecule has 4 heteroatoms. The van der Waals surface area contributed by atoms with Crippen molar-refractivity contribution in [2.45, 2.75) is 13.0 Å². The summed E-state index contributed by atoms with van der Waals surface area (Å²) >= 11 is 1.84. The first kappa shape index (κ1) is 13.2. The number of pyridine rings is 1. The van der Waals surface area contributed by atoms with E-state index in [2.05, 4.69) is 16.6 Å². The number of rotatable bonds is 6. The Morgan fingerprint density at radius 2 is 2.17 bits per heavy atom. The summed E-state index contributed by atoms with van der Waals surface area (Å²) in [6.07, 6.45) is 3.24. The molecule has 0 fully saturated rings. The number of H-pyrrole nitrogens is 1. The van der Waals surface area contributed by atoms with Crippen LogP contribution in [0.1, 0.15) is 12.0 Å². The van der Waals surface area contributed by atoms with Gasteiger partial charge in [0.2, 0.25) is 0 Å². The molecule has 1 heterocycles. The van der Waals surface area contributed by atoms with Crippen molar-refractivity contribution in [2.75, 3.05) is 18.6 Å². The monoisotopic (exact) mass is 262 g/mol. The first-order valence-corrected chi connectivity index (χ1v) is 7.51. The Morgan fingerprint density at radius 3 is 3.00 bits per heavy atom. The molecule has 0 radical (unpaired) electrons. The van der Waals surface area contributed by atoms with Gasteiger partial charge >= 0.3 is 0 Å². The maximum atomic E-state index is 11.9. The zero-order chi connectivity index (χ0) is 12.8. The van der Waals surface area contributed by atoms with E-state index in [0.29, 0.717) is 6.54 Å². The normalized spacial score (nSPS) is 10.9. The molecule has 1 aromatic heterocycles. The molecule has 0 amide bonds. The van der Waals surface area contributed by atoms with Crippen molar-refractivity contribution >= 4 is 22.7 Å². The molecule has 0 aliphatic heterocycles. The maximum absolute atomic E-state index is 11.9. The lowest BCUT2D eigenvalue weighted by atomic mass is 10.1. The second-order valence-electron chi connectivity index (χ2n) is 4.23. The van der Waals surface area contributed by atoms with E-state index in [4.69, 9.17) is 0 Å². The molecular formula is C14H18N2OS.